The van der Waals surface area contributed by atoms with Gasteiger partial charge in [-0.25, -0.2) is 28.8 Å². The number of ether oxygens (including phenoxy) is 12. The van der Waals surface area contributed by atoms with Gasteiger partial charge in [0.1, 0.15) is 63.2 Å². The second kappa shape index (κ2) is 66.6. The summed E-state index contributed by atoms with van der Waals surface area (Å²) in [5, 5.41) is 62.4. The Kier molecular flexibility index (Phi) is 58.9. The van der Waals surface area contributed by atoms with Gasteiger partial charge in [0, 0.05) is 16.7 Å². The highest BCUT2D eigenvalue weighted by Gasteiger charge is 2.24. The molecule has 31 nitrogen and oxygen atoms in total. The van der Waals surface area contributed by atoms with Gasteiger partial charge < -0.3 is 110 Å². The van der Waals surface area contributed by atoms with Crippen molar-refractivity contribution in [3.05, 3.63) is 239 Å². The number of esters is 4. The van der Waals surface area contributed by atoms with Crippen LogP contribution in [0.4, 0.5) is 9.59 Å². The molecule has 129 heavy (non-hydrogen) atoms. The van der Waals surface area contributed by atoms with E-state index in [0.29, 0.717) is 68.0 Å². The number of Topliss-reactive ketones (excluding diaryl/α,β-unsaturated/α-hetero) is 2. The molecule has 0 spiro atoms. The predicted octanol–water partition coefficient (Wildman–Crippen LogP) is 16.5. The first-order valence-corrected chi connectivity index (χ1v) is 42.8. The van der Waals surface area contributed by atoms with Crippen LogP contribution in [-0.2, 0) is 47.6 Å². The molecule has 4 unspecified atom stereocenters. The number of nitrogens with zero attached hydrogens (tertiary/aromatic N) is 1. The molecular formula is C98H135N5O26. The van der Waals surface area contributed by atoms with Gasteiger partial charge in [-0.1, -0.05) is 113 Å². The number of carbonyl (C=O) groups excluding carboxylic acids is 8. The minimum absolute atomic E-state index is 0.0326. The lowest BCUT2D eigenvalue weighted by Gasteiger charge is -2.23. The molecule has 0 aromatic heterocycles. The molecular weight excluding hydrogens is 1660 g/mol. The van der Waals surface area contributed by atoms with E-state index in [4.69, 9.17) is 79.4 Å². The quantitative estimate of drug-likeness (QED) is 0.00327. The fraction of sp³-hybridized carbons (Fsp3) is 0.418. The van der Waals surface area contributed by atoms with Gasteiger partial charge in [-0.2, -0.15) is 0 Å². The van der Waals surface area contributed by atoms with E-state index in [9.17, 15) is 48.6 Å². The normalized spacial score (nSPS) is 11.4. The maximum atomic E-state index is 11.7. The fourth-order valence-corrected chi connectivity index (χ4v) is 9.83. The second-order valence-electron chi connectivity index (χ2n) is 29.3. The van der Waals surface area contributed by atoms with Crippen molar-refractivity contribution in [2.24, 2.45) is 16.6 Å². The van der Waals surface area contributed by atoms with Crippen LogP contribution in [0.2, 0.25) is 0 Å². The topological polar surface area (TPSA) is 457 Å². The minimum atomic E-state index is -0.877. The van der Waals surface area contributed by atoms with Crippen LogP contribution in [0.5, 0.6) is 46.0 Å². The van der Waals surface area contributed by atoms with Crippen molar-refractivity contribution in [2.45, 2.75) is 185 Å². The summed E-state index contributed by atoms with van der Waals surface area (Å²) < 4.78 is 61.8. The summed E-state index contributed by atoms with van der Waals surface area (Å²) in [5.74, 6) is 0.851. The van der Waals surface area contributed by atoms with Crippen molar-refractivity contribution in [3.8, 4) is 46.0 Å². The number of benzene rings is 8. The summed E-state index contributed by atoms with van der Waals surface area (Å²) in [6.45, 7) is 34.2. The largest absolute Gasteiger partial charge is 0.508 e. The van der Waals surface area contributed by atoms with Crippen molar-refractivity contribution in [3.63, 3.8) is 0 Å². The number of rotatable bonds is 38. The third-order valence-corrected chi connectivity index (χ3v) is 16.1. The number of aromatic hydroxyl groups is 2. The van der Waals surface area contributed by atoms with Gasteiger partial charge in [0.15, 0.2) is 5.71 Å². The molecule has 8 rings (SSSR count). The van der Waals surface area contributed by atoms with Crippen LogP contribution in [0.25, 0.3) is 0 Å². The number of hydrogen-bond donors (Lipinski definition) is 10. The van der Waals surface area contributed by atoms with Gasteiger partial charge >= 0.3 is 36.1 Å². The summed E-state index contributed by atoms with van der Waals surface area (Å²) in [6.07, 6.45) is 4.60. The van der Waals surface area contributed by atoms with Crippen molar-refractivity contribution in [1.29, 1.82) is 0 Å². The Bertz CT molecular complexity index is 4350. The molecule has 0 aliphatic rings. The lowest BCUT2D eigenvalue weighted by molar-refractivity contribution is -0.145. The maximum absolute atomic E-state index is 11.7. The summed E-state index contributed by atoms with van der Waals surface area (Å²) in [4.78, 5) is 91.4. The monoisotopic (exact) mass is 1800 g/mol. The van der Waals surface area contributed by atoms with Crippen LogP contribution in [0, 0.1) is 0 Å². The molecule has 31 heteroatoms. The Balaban J connectivity index is 0.000000745. The molecule has 0 fully saturated rings. The summed E-state index contributed by atoms with van der Waals surface area (Å²) >= 11 is 0. The summed E-state index contributed by atoms with van der Waals surface area (Å²) in [5.41, 5.74) is 14.4. The number of aliphatic hydroxyl groups excluding tert-OH is 3. The van der Waals surface area contributed by atoms with Gasteiger partial charge in [0.25, 0.3) is 11.6 Å². The number of amides is 2. The first kappa shape index (κ1) is 114. The van der Waals surface area contributed by atoms with E-state index in [1.807, 2.05) is 126 Å². The number of nitrogens with two attached hydrogens (primary N) is 2. The fourth-order valence-electron chi connectivity index (χ4n) is 9.83. The number of carbonyl (C=O) groups is 8. The number of aliphatic hydroxyl groups is 3. The molecule has 0 saturated carbocycles. The molecule has 8 aromatic rings. The Morgan fingerprint density at radius 1 is 0.341 bits per heavy atom. The van der Waals surface area contributed by atoms with E-state index in [1.165, 1.54) is 24.3 Å². The molecule has 0 aliphatic carbocycles. The number of phenolic OH excluding ortho intramolecular Hbond substituents is 2. The first-order chi connectivity index (χ1) is 61.6. The lowest BCUT2D eigenvalue weighted by Crippen LogP contribution is -2.36. The van der Waals surface area contributed by atoms with E-state index in [1.54, 1.807) is 154 Å². The smallest absolute Gasteiger partial charge is 0.408 e. The number of oxime groups is 1. The number of hydrogen-bond acceptors (Lipinski definition) is 29. The van der Waals surface area contributed by atoms with Gasteiger partial charge in [-0.05, 0) is 263 Å². The Labute approximate surface area is 758 Å². The summed E-state index contributed by atoms with van der Waals surface area (Å²) in [7, 11) is 0. The Morgan fingerprint density at radius 3 is 0.876 bits per heavy atom. The molecule has 0 saturated heterocycles. The van der Waals surface area contributed by atoms with Crippen molar-refractivity contribution in [1.82, 2.24) is 10.6 Å². The SMILES string of the molecule is CCCOc1ccc(/C(=N\O)C(=O)OCC)cc1.CCCOc1ccc(C(=O)C(=O)OCC)cc1.CCCOc1ccc(C(CO)NC(=O)OC(C)(C)C)cc1.CCCOc1ccc(C(CO)NC(=O)OC(C)(C)C)cc1.CCCOc1ccc(C(N)C(=O)OCC)cc1.CCCOc1ccc(C(N)CO)cc1.CCOC(=O)C(=O)c1ccc(O)cc1.Oc1ccccc1. The molecule has 4 atom stereocenters. The summed E-state index contributed by atoms with van der Waals surface area (Å²) in [6, 6.07) is 54.6. The Morgan fingerprint density at radius 2 is 0.612 bits per heavy atom. The van der Waals surface area contributed by atoms with Crippen LogP contribution < -0.4 is 50.5 Å². The number of alkyl carbamates (subject to hydrolysis) is 2. The van der Waals surface area contributed by atoms with Gasteiger partial charge in [0.05, 0.1) is 104 Å². The highest BCUT2D eigenvalue weighted by atomic mass is 16.6. The second-order valence-corrected chi connectivity index (χ2v) is 29.3. The van der Waals surface area contributed by atoms with Crippen LogP contribution in [0.3, 0.4) is 0 Å². The van der Waals surface area contributed by atoms with Crippen LogP contribution >= 0.6 is 0 Å². The third kappa shape index (κ3) is 50.4. The molecule has 0 aliphatic heterocycles. The van der Waals surface area contributed by atoms with Gasteiger partial charge in [0.2, 0.25) is 0 Å². The van der Waals surface area contributed by atoms with Crippen molar-refractivity contribution >= 4 is 53.3 Å². The maximum Gasteiger partial charge on any atom is 0.408 e. The molecule has 8 aromatic carbocycles. The number of para-hydroxylation sites is 1. The zero-order chi connectivity index (χ0) is 96.5. The lowest BCUT2D eigenvalue weighted by atomic mass is 10.1. The minimum Gasteiger partial charge on any atom is -0.508 e. The average molecular weight is 1800 g/mol. The van der Waals surface area contributed by atoms with E-state index < -0.39 is 77.0 Å². The molecule has 0 radical (unpaired) electrons. The van der Waals surface area contributed by atoms with E-state index in [2.05, 4.69) is 32.2 Å². The Hall–Kier alpha value is -12.8. The van der Waals surface area contributed by atoms with E-state index >= 15 is 0 Å². The van der Waals surface area contributed by atoms with Crippen LogP contribution in [-0.4, -0.2) is 181 Å². The number of nitrogens with one attached hydrogen (secondary N) is 2. The molecule has 2 amide bonds. The molecule has 0 bridgehead atoms. The number of ketones is 2. The highest BCUT2D eigenvalue weighted by molar-refractivity contribution is 6.43. The molecule has 0 heterocycles. The van der Waals surface area contributed by atoms with Gasteiger partial charge in [-0.3, -0.25) is 9.59 Å². The molecule has 708 valence electrons. The molecule has 12 N–H and O–H groups in total. The third-order valence-electron chi connectivity index (χ3n) is 16.1. The van der Waals surface area contributed by atoms with Crippen molar-refractivity contribution in [2.75, 3.05) is 85.9 Å². The zero-order valence-corrected chi connectivity index (χ0v) is 77.2. The van der Waals surface area contributed by atoms with Crippen LogP contribution in [0.1, 0.15) is 222 Å². The number of phenols is 2. The van der Waals surface area contributed by atoms with Crippen LogP contribution in [0.15, 0.2) is 205 Å². The highest BCUT2D eigenvalue weighted by Crippen LogP contribution is 2.24. The van der Waals surface area contributed by atoms with Crippen molar-refractivity contribution < 1.29 is 126 Å². The first-order valence-electron chi connectivity index (χ1n) is 42.8. The predicted molar refractivity (Wildman–Crippen MR) is 492 cm³/mol. The van der Waals surface area contributed by atoms with Gasteiger partial charge in [-0.15, -0.1) is 0 Å². The zero-order valence-electron chi connectivity index (χ0n) is 77.2. The van der Waals surface area contributed by atoms with E-state index in [-0.39, 0.29) is 62.7 Å². The van der Waals surface area contributed by atoms with E-state index in [0.717, 1.165) is 90.4 Å². The standard InChI is InChI=1S/2C16H25NO4.C13H17NO4.C13H19NO3.C13H16O4.C11H17NO2.C10H10O4.C6H6O/c2*1-5-10-20-13-8-6-12(7-9-13)14(11-18)17-15(19)21-16(2,3)4;1-3-9-18-11-7-5-10(6-8-11)12(14-16)13(15)17-4-2;2*1-3-9-17-11-7-5-10(6-8-11)12(14)13(15)16-4-2;1-2-7-14-10-5-3-9(4-6-10)11(12)8-13;1-2-14-10(13)9(12)7-3-5-8(11)6-4-7;7-6-4-2-1-3-5-6/h2*6-9,14,18H,5,10-11H2,1-4H3,(H,17,19);5-8,16H,3-4,9H2,1-2H3;5-8,12H,3-4,9,14H2,1-2H3;5-8H,3-4,9H2,1-2H3;3-6,11,13H,2,7-8,12H2,1H3;3-6,11H,2H2,1H3;1-5,7H/b;;14-12+;;;;;. The average Bonchev–Trinajstić information content (AvgIpc) is 0.874.